The average Bonchev–Trinajstić information content (AvgIpc) is 3.16. The van der Waals surface area contributed by atoms with Gasteiger partial charge in [0.1, 0.15) is 0 Å². The number of imidazole rings is 1. The van der Waals surface area contributed by atoms with Crippen LogP contribution in [0.1, 0.15) is 33.6 Å². The fourth-order valence-electron chi connectivity index (χ4n) is 3.24. The van der Waals surface area contributed by atoms with Crippen molar-refractivity contribution in [3.8, 4) is 0 Å². The van der Waals surface area contributed by atoms with E-state index in [1.165, 1.54) is 0 Å². The molecule has 132 valence electrons. The molecule has 0 unspecified atom stereocenters. The Hall–Kier alpha value is -3.22. The van der Waals surface area contributed by atoms with Gasteiger partial charge in [-0.1, -0.05) is 0 Å². The fourth-order valence-corrected chi connectivity index (χ4v) is 3.24. The number of hydrogen-bond donors (Lipinski definition) is 2. The first-order valence-corrected chi connectivity index (χ1v) is 8.64. The Balaban J connectivity index is 1.34. The third-order valence-electron chi connectivity index (χ3n) is 4.71. The highest BCUT2D eigenvalue weighted by Crippen LogP contribution is 2.16. The molecule has 0 bridgehead atoms. The van der Waals surface area contributed by atoms with Gasteiger partial charge in [0.05, 0.1) is 22.9 Å². The highest BCUT2D eigenvalue weighted by Gasteiger charge is 2.25. The molecule has 2 aromatic heterocycles. The van der Waals surface area contributed by atoms with E-state index in [4.69, 9.17) is 0 Å². The van der Waals surface area contributed by atoms with Crippen LogP contribution in [0.15, 0.2) is 49.1 Å². The Morgan fingerprint density at radius 1 is 1.15 bits per heavy atom. The number of nitrogens with one attached hydrogen (secondary N) is 2. The zero-order valence-electron chi connectivity index (χ0n) is 14.2. The second kappa shape index (κ2) is 6.95. The van der Waals surface area contributed by atoms with Crippen molar-refractivity contribution in [2.24, 2.45) is 0 Å². The van der Waals surface area contributed by atoms with E-state index in [0.717, 1.165) is 23.9 Å². The quantitative estimate of drug-likeness (QED) is 0.756. The van der Waals surface area contributed by atoms with Crippen LogP contribution < -0.4 is 5.32 Å². The summed E-state index contributed by atoms with van der Waals surface area (Å²) in [6.45, 7) is 1.25. The topological polar surface area (TPSA) is 91.0 Å². The number of piperidine rings is 1. The summed E-state index contributed by atoms with van der Waals surface area (Å²) >= 11 is 0. The molecule has 1 aromatic carbocycles. The van der Waals surface area contributed by atoms with E-state index in [2.05, 4.69) is 20.3 Å². The predicted molar refractivity (Wildman–Crippen MR) is 96.7 cm³/mol. The number of aromatic amines is 1. The summed E-state index contributed by atoms with van der Waals surface area (Å²) in [5, 5.41) is 3.07. The Kier molecular flexibility index (Phi) is 4.35. The van der Waals surface area contributed by atoms with Crippen molar-refractivity contribution in [2.45, 2.75) is 18.9 Å². The number of likely N-dealkylation sites (tertiary alicyclic amines) is 1. The lowest BCUT2D eigenvalue weighted by molar-refractivity contribution is 0.0697. The molecule has 3 aromatic rings. The number of nitrogens with zero attached hydrogens (tertiary/aromatic N) is 3. The van der Waals surface area contributed by atoms with E-state index in [9.17, 15) is 9.59 Å². The van der Waals surface area contributed by atoms with Gasteiger partial charge in [0.2, 0.25) is 0 Å². The number of pyridine rings is 1. The molecule has 7 heteroatoms. The number of fused-ring (bicyclic) bond motifs is 1. The van der Waals surface area contributed by atoms with Gasteiger partial charge in [0.15, 0.2) is 0 Å². The first kappa shape index (κ1) is 16.3. The van der Waals surface area contributed by atoms with Gasteiger partial charge in [-0.3, -0.25) is 14.6 Å². The lowest BCUT2D eigenvalue weighted by atomic mass is 10.0. The average molecular weight is 349 g/mol. The van der Waals surface area contributed by atoms with Gasteiger partial charge in [-0.25, -0.2) is 4.98 Å². The molecule has 26 heavy (non-hydrogen) atoms. The van der Waals surface area contributed by atoms with E-state index in [0.29, 0.717) is 24.2 Å². The largest absolute Gasteiger partial charge is 0.349 e. The Bertz CT molecular complexity index is 929. The van der Waals surface area contributed by atoms with E-state index in [1.54, 1.807) is 43.0 Å². The summed E-state index contributed by atoms with van der Waals surface area (Å²) < 4.78 is 0. The minimum Gasteiger partial charge on any atom is -0.349 e. The van der Waals surface area contributed by atoms with Crippen LogP contribution in [-0.2, 0) is 0 Å². The van der Waals surface area contributed by atoms with Crippen LogP contribution in [0, 0.1) is 0 Å². The highest BCUT2D eigenvalue weighted by atomic mass is 16.2. The number of rotatable bonds is 3. The fraction of sp³-hybridized carbons (Fsp3) is 0.263. The van der Waals surface area contributed by atoms with Crippen LogP contribution in [0.5, 0.6) is 0 Å². The van der Waals surface area contributed by atoms with Crippen molar-refractivity contribution in [1.82, 2.24) is 25.2 Å². The molecular formula is C19H19N5O2. The Labute approximate surface area is 150 Å². The molecule has 0 atom stereocenters. The number of hydrogen-bond acceptors (Lipinski definition) is 4. The normalized spacial score (nSPS) is 15.2. The summed E-state index contributed by atoms with van der Waals surface area (Å²) in [4.78, 5) is 37.9. The van der Waals surface area contributed by atoms with Gasteiger partial charge in [0, 0.05) is 37.1 Å². The maximum Gasteiger partial charge on any atom is 0.255 e. The smallest absolute Gasteiger partial charge is 0.255 e. The number of carbonyl (C=O) groups is 2. The van der Waals surface area contributed by atoms with Gasteiger partial charge in [-0.15, -0.1) is 0 Å². The van der Waals surface area contributed by atoms with E-state index >= 15 is 0 Å². The van der Waals surface area contributed by atoms with Crippen LogP contribution in [0.2, 0.25) is 0 Å². The Morgan fingerprint density at radius 2 is 2.00 bits per heavy atom. The maximum atomic E-state index is 12.5. The summed E-state index contributed by atoms with van der Waals surface area (Å²) in [5.41, 5.74) is 2.89. The molecule has 0 aliphatic carbocycles. The van der Waals surface area contributed by atoms with Crippen molar-refractivity contribution < 1.29 is 9.59 Å². The summed E-state index contributed by atoms with van der Waals surface area (Å²) in [6.07, 6.45) is 6.33. The SMILES string of the molecule is O=C(NC1CCN(C(=O)c2cccnc2)CC1)c1ccc2nc[nH]c2c1. The standard InChI is InChI=1S/C19H19N5O2/c25-18(13-3-4-16-17(10-13)22-12-21-16)23-15-5-8-24(9-6-15)19(26)14-2-1-7-20-11-14/h1-4,7,10-12,15H,5-6,8-9H2,(H,21,22)(H,23,25). The lowest BCUT2D eigenvalue weighted by Gasteiger charge is -2.32. The first-order chi connectivity index (χ1) is 12.7. The van der Waals surface area contributed by atoms with E-state index in [1.807, 2.05) is 11.0 Å². The van der Waals surface area contributed by atoms with Gasteiger partial charge < -0.3 is 15.2 Å². The van der Waals surface area contributed by atoms with Crippen molar-refractivity contribution in [1.29, 1.82) is 0 Å². The zero-order valence-corrected chi connectivity index (χ0v) is 14.2. The molecule has 2 N–H and O–H groups in total. The molecule has 0 saturated carbocycles. The number of amides is 2. The minimum absolute atomic E-state index is 0.00688. The monoisotopic (exact) mass is 349 g/mol. The zero-order chi connectivity index (χ0) is 17.9. The minimum atomic E-state index is -0.0986. The Morgan fingerprint density at radius 3 is 2.77 bits per heavy atom. The molecule has 1 aliphatic heterocycles. The van der Waals surface area contributed by atoms with Gasteiger partial charge >= 0.3 is 0 Å². The molecule has 4 rings (SSSR count). The molecule has 1 saturated heterocycles. The number of aromatic nitrogens is 3. The van der Waals surface area contributed by atoms with Crippen molar-refractivity contribution in [3.05, 3.63) is 60.2 Å². The van der Waals surface area contributed by atoms with Crippen molar-refractivity contribution in [3.63, 3.8) is 0 Å². The molecule has 1 fully saturated rings. The molecule has 0 radical (unpaired) electrons. The highest BCUT2D eigenvalue weighted by molar-refractivity contribution is 5.97. The third-order valence-corrected chi connectivity index (χ3v) is 4.71. The van der Waals surface area contributed by atoms with Gasteiger partial charge in [-0.2, -0.15) is 0 Å². The van der Waals surface area contributed by atoms with Gasteiger partial charge in [0.25, 0.3) is 11.8 Å². The number of benzene rings is 1. The van der Waals surface area contributed by atoms with Crippen LogP contribution >= 0.6 is 0 Å². The van der Waals surface area contributed by atoms with Crippen LogP contribution in [0.3, 0.4) is 0 Å². The third kappa shape index (κ3) is 3.28. The van der Waals surface area contributed by atoms with Crippen molar-refractivity contribution >= 4 is 22.8 Å². The second-order valence-corrected chi connectivity index (χ2v) is 6.42. The summed E-state index contributed by atoms with van der Waals surface area (Å²) in [7, 11) is 0. The molecule has 1 aliphatic rings. The van der Waals surface area contributed by atoms with Gasteiger partial charge in [-0.05, 0) is 43.2 Å². The van der Waals surface area contributed by atoms with Crippen LogP contribution in [-0.4, -0.2) is 50.8 Å². The molecule has 7 nitrogen and oxygen atoms in total. The summed E-state index contributed by atoms with van der Waals surface area (Å²) in [6, 6.07) is 9.01. The van der Waals surface area contributed by atoms with Crippen LogP contribution in [0.25, 0.3) is 11.0 Å². The molecule has 2 amide bonds. The molecule has 3 heterocycles. The second-order valence-electron chi connectivity index (χ2n) is 6.42. The van der Waals surface area contributed by atoms with Crippen molar-refractivity contribution in [2.75, 3.05) is 13.1 Å². The molecule has 0 spiro atoms. The number of H-pyrrole nitrogens is 1. The number of carbonyl (C=O) groups excluding carboxylic acids is 2. The lowest BCUT2D eigenvalue weighted by Crippen LogP contribution is -2.46. The van der Waals surface area contributed by atoms with E-state index < -0.39 is 0 Å². The maximum absolute atomic E-state index is 12.5. The van der Waals surface area contributed by atoms with Crippen LogP contribution in [0.4, 0.5) is 0 Å². The first-order valence-electron chi connectivity index (χ1n) is 8.64. The molecular weight excluding hydrogens is 330 g/mol. The van der Waals surface area contributed by atoms with E-state index in [-0.39, 0.29) is 17.9 Å². The predicted octanol–water partition coefficient (Wildman–Crippen LogP) is 1.99. The summed E-state index contributed by atoms with van der Waals surface area (Å²) in [5.74, 6) is -0.105.